The summed E-state index contributed by atoms with van der Waals surface area (Å²) in [5.41, 5.74) is 1.51. The second kappa shape index (κ2) is 8.00. The molecule has 0 bridgehead atoms. The molecule has 0 aliphatic carbocycles. The van der Waals surface area contributed by atoms with E-state index in [9.17, 15) is 9.59 Å². The van der Waals surface area contributed by atoms with Gasteiger partial charge in [-0.15, -0.1) is 0 Å². The Hall–Kier alpha value is -2.80. The van der Waals surface area contributed by atoms with Crippen LogP contribution >= 0.6 is 0 Å². The summed E-state index contributed by atoms with van der Waals surface area (Å²) in [5, 5.41) is 5.67. The largest absolute Gasteiger partial charge is 0.383 e. The van der Waals surface area contributed by atoms with Crippen molar-refractivity contribution >= 4 is 23.3 Å². The number of carbonyl (C=O) groups is 2. The van der Waals surface area contributed by atoms with E-state index < -0.39 is 0 Å². The van der Waals surface area contributed by atoms with Gasteiger partial charge in [-0.3, -0.25) is 9.59 Å². The lowest BCUT2D eigenvalue weighted by Gasteiger charge is -2.08. The first-order chi connectivity index (χ1) is 11.1. The van der Waals surface area contributed by atoms with Gasteiger partial charge in [0.05, 0.1) is 6.61 Å². The number of benzene rings is 1. The van der Waals surface area contributed by atoms with Crippen LogP contribution in [0.15, 0.2) is 36.5 Å². The van der Waals surface area contributed by atoms with Gasteiger partial charge >= 0.3 is 0 Å². The monoisotopic (exact) mass is 314 g/mol. The van der Waals surface area contributed by atoms with E-state index in [-0.39, 0.29) is 23.3 Å². The van der Waals surface area contributed by atoms with Crippen molar-refractivity contribution in [1.29, 1.82) is 0 Å². The van der Waals surface area contributed by atoms with Crippen LogP contribution in [0.3, 0.4) is 0 Å². The number of methoxy groups -OCH3 is 1. The summed E-state index contributed by atoms with van der Waals surface area (Å²) >= 11 is 0. The highest BCUT2D eigenvalue weighted by Gasteiger charge is 2.09. The predicted molar refractivity (Wildman–Crippen MR) is 86.0 cm³/mol. The van der Waals surface area contributed by atoms with Crippen molar-refractivity contribution < 1.29 is 14.3 Å². The van der Waals surface area contributed by atoms with E-state index in [0.29, 0.717) is 24.4 Å². The summed E-state index contributed by atoms with van der Waals surface area (Å²) in [6, 6.07) is 8.52. The number of amides is 1. The van der Waals surface area contributed by atoms with E-state index >= 15 is 0 Å². The van der Waals surface area contributed by atoms with Gasteiger partial charge < -0.3 is 15.4 Å². The molecule has 0 aliphatic heterocycles. The molecule has 2 rings (SSSR count). The van der Waals surface area contributed by atoms with Gasteiger partial charge in [-0.25, -0.2) is 9.97 Å². The fourth-order valence-electron chi connectivity index (χ4n) is 1.85. The first-order valence-corrected chi connectivity index (χ1v) is 7.08. The molecule has 0 fully saturated rings. The van der Waals surface area contributed by atoms with E-state index in [1.54, 1.807) is 31.4 Å². The van der Waals surface area contributed by atoms with Crippen LogP contribution in [0.1, 0.15) is 27.8 Å². The number of nitrogens with zero attached hydrogens (tertiary/aromatic N) is 2. The highest BCUT2D eigenvalue weighted by Crippen LogP contribution is 2.15. The van der Waals surface area contributed by atoms with Crippen molar-refractivity contribution in [2.45, 2.75) is 6.92 Å². The minimum atomic E-state index is -0.301. The third-order valence-electron chi connectivity index (χ3n) is 3.01. The van der Waals surface area contributed by atoms with Crippen LogP contribution in [0.2, 0.25) is 0 Å². The maximum atomic E-state index is 11.9. The van der Waals surface area contributed by atoms with Crippen molar-refractivity contribution in [2.75, 3.05) is 25.6 Å². The molecule has 1 heterocycles. The summed E-state index contributed by atoms with van der Waals surface area (Å²) in [4.78, 5) is 31.6. The number of nitrogens with one attached hydrogen (secondary N) is 2. The zero-order valence-electron chi connectivity index (χ0n) is 13.0. The molecule has 0 radical (unpaired) electrons. The molecule has 1 aromatic heterocycles. The molecular weight excluding hydrogens is 296 g/mol. The van der Waals surface area contributed by atoms with Gasteiger partial charge in [0.1, 0.15) is 5.69 Å². The number of Topliss-reactive ketones (excluding diaryl/α,β-unsaturated/α-hetero) is 1. The first-order valence-electron chi connectivity index (χ1n) is 7.08. The van der Waals surface area contributed by atoms with Gasteiger partial charge in [-0.05, 0) is 25.1 Å². The number of ether oxygens (including phenoxy) is 1. The molecule has 0 atom stereocenters. The average molecular weight is 314 g/mol. The predicted octanol–water partition coefficient (Wildman–Crippen LogP) is 1.80. The van der Waals surface area contributed by atoms with Gasteiger partial charge in [0.2, 0.25) is 5.95 Å². The van der Waals surface area contributed by atoms with Crippen LogP contribution in [0.25, 0.3) is 0 Å². The first kappa shape index (κ1) is 16.6. The summed E-state index contributed by atoms with van der Waals surface area (Å²) in [6.07, 6.45) is 1.50. The molecule has 2 N–H and O–H groups in total. The van der Waals surface area contributed by atoms with Crippen LogP contribution in [0.4, 0.5) is 11.6 Å². The molecule has 0 spiro atoms. The summed E-state index contributed by atoms with van der Waals surface area (Å²) in [6.45, 7) is 2.34. The van der Waals surface area contributed by atoms with Crippen LogP contribution in [0.5, 0.6) is 0 Å². The highest BCUT2D eigenvalue weighted by molar-refractivity contribution is 5.95. The van der Waals surface area contributed by atoms with E-state index in [2.05, 4.69) is 20.6 Å². The molecule has 0 saturated carbocycles. The number of aromatic nitrogens is 2. The summed E-state index contributed by atoms with van der Waals surface area (Å²) in [5.74, 6) is -0.0454. The third kappa shape index (κ3) is 4.86. The van der Waals surface area contributed by atoms with Crippen molar-refractivity contribution in [2.24, 2.45) is 0 Å². The normalized spacial score (nSPS) is 10.2. The molecule has 2 aromatic rings. The smallest absolute Gasteiger partial charge is 0.270 e. The zero-order valence-corrected chi connectivity index (χ0v) is 13.0. The number of rotatable bonds is 7. The minimum absolute atomic E-state index is 0.0270. The Kier molecular flexibility index (Phi) is 5.76. The fraction of sp³-hybridized carbons (Fsp3) is 0.250. The average Bonchev–Trinajstić information content (AvgIpc) is 2.55. The van der Waals surface area contributed by atoms with Gasteiger partial charge in [-0.2, -0.15) is 0 Å². The van der Waals surface area contributed by atoms with Crippen molar-refractivity contribution in [1.82, 2.24) is 15.3 Å². The summed E-state index contributed by atoms with van der Waals surface area (Å²) in [7, 11) is 1.56. The quantitative estimate of drug-likeness (QED) is 0.598. The third-order valence-corrected chi connectivity index (χ3v) is 3.01. The Morgan fingerprint density at radius 2 is 2.09 bits per heavy atom. The lowest BCUT2D eigenvalue weighted by atomic mass is 10.1. The molecule has 1 amide bonds. The molecule has 0 aliphatic rings. The van der Waals surface area contributed by atoms with E-state index in [1.807, 2.05) is 0 Å². The summed E-state index contributed by atoms with van der Waals surface area (Å²) < 4.78 is 4.87. The van der Waals surface area contributed by atoms with Gasteiger partial charge in [0, 0.05) is 31.1 Å². The van der Waals surface area contributed by atoms with Crippen LogP contribution in [-0.4, -0.2) is 41.9 Å². The van der Waals surface area contributed by atoms with E-state index in [4.69, 9.17) is 4.74 Å². The van der Waals surface area contributed by atoms with Crippen molar-refractivity contribution in [3.05, 3.63) is 47.8 Å². The number of ketones is 1. The topological polar surface area (TPSA) is 93.2 Å². The molecule has 23 heavy (non-hydrogen) atoms. The van der Waals surface area contributed by atoms with Crippen molar-refractivity contribution in [3.63, 3.8) is 0 Å². The Morgan fingerprint density at radius 1 is 1.26 bits per heavy atom. The van der Waals surface area contributed by atoms with Gasteiger partial charge in [0.25, 0.3) is 5.91 Å². The lowest BCUT2D eigenvalue weighted by Crippen LogP contribution is -2.27. The minimum Gasteiger partial charge on any atom is -0.383 e. The molecular formula is C16H18N4O3. The number of anilines is 2. The van der Waals surface area contributed by atoms with Gasteiger partial charge in [0.15, 0.2) is 5.78 Å². The molecule has 1 aromatic carbocycles. The SMILES string of the molecule is COCCNC(=O)c1ccnc(Nc2cccc(C(C)=O)c2)n1. The number of carbonyl (C=O) groups excluding carboxylic acids is 2. The highest BCUT2D eigenvalue weighted by atomic mass is 16.5. The van der Waals surface area contributed by atoms with E-state index in [0.717, 1.165) is 0 Å². The Morgan fingerprint density at radius 3 is 2.83 bits per heavy atom. The fourth-order valence-corrected chi connectivity index (χ4v) is 1.85. The number of hydrogen-bond acceptors (Lipinski definition) is 6. The molecule has 7 nitrogen and oxygen atoms in total. The Bertz CT molecular complexity index is 703. The Labute approximate surface area is 134 Å². The molecule has 120 valence electrons. The van der Waals surface area contributed by atoms with Crippen LogP contribution in [0, 0.1) is 0 Å². The standard InChI is InChI=1S/C16H18N4O3/c1-11(21)12-4-3-5-13(10-12)19-16-18-7-6-14(20-16)15(22)17-8-9-23-2/h3-7,10H,8-9H2,1-2H3,(H,17,22)(H,18,19,20). The lowest BCUT2D eigenvalue weighted by molar-refractivity contribution is 0.0931. The molecule has 0 unspecified atom stereocenters. The Balaban J connectivity index is 2.09. The number of hydrogen-bond donors (Lipinski definition) is 2. The molecule has 7 heteroatoms. The van der Waals surface area contributed by atoms with Crippen LogP contribution in [-0.2, 0) is 4.74 Å². The zero-order chi connectivity index (χ0) is 16.7. The van der Waals surface area contributed by atoms with Gasteiger partial charge in [-0.1, -0.05) is 12.1 Å². The molecule has 0 saturated heterocycles. The van der Waals surface area contributed by atoms with Crippen LogP contribution < -0.4 is 10.6 Å². The second-order valence-electron chi connectivity index (χ2n) is 4.78. The van der Waals surface area contributed by atoms with Crippen molar-refractivity contribution in [3.8, 4) is 0 Å². The maximum absolute atomic E-state index is 11.9. The second-order valence-corrected chi connectivity index (χ2v) is 4.78. The van der Waals surface area contributed by atoms with E-state index in [1.165, 1.54) is 19.2 Å². The maximum Gasteiger partial charge on any atom is 0.270 e.